The molecule has 0 aliphatic carbocycles. The number of nitriles is 1. The highest BCUT2D eigenvalue weighted by Crippen LogP contribution is 2.22. The third-order valence-electron chi connectivity index (χ3n) is 4.36. The molecule has 1 amide bonds. The zero-order chi connectivity index (χ0) is 21.5. The van der Waals surface area contributed by atoms with E-state index < -0.39 is 10.8 Å². The molecular formula is C22H18N4O3S. The van der Waals surface area contributed by atoms with E-state index in [0.29, 0.717) is 17.1 Å². The average Bonchev–Trinajstić information content (AvgIpc) is 3.19. The predicted molar refractivity (Wildman–Crippen MR) is 116 cm³/mol. The van der Waals surface area contributed by atoms with Crippen LogP contribution in [0.1, 0.15) is 28.5 Å². The Morgan fingerprint density at radius 2 is 1.87 bits per heavy atom. The SMILES string of the molecule is CCc1ccc(Cc2cnc(NC(=O)/C(C#N)=C/c3ccc([N+](=O)[O-])cc3)s2)cc1. The van der Waals surface area contributed by atoms with Gasteiger partial charge in [-0.2, -0.15) is 5.26 Å². The molecule has 0 atom stereocenters. The number of anilines is 1. The standard InChI is InChI=1S/C22H18N4O3S/c1-2-15-3-5-17(6-4-15)12-20-14-24-22(30-20)25-21(27)18(13-23)11-16-7-9-19(10-8-16)26(28)29/h3-11,14H,2,12H2,1H3,(H,24,25,27)/b18-11+. The van der Waals surface area contributed by atoms with Crippen LogP contribution in [0.3, 0.4) is 0 Å². The van der Waals surface area contributed by atoms with E-state index in [9.17, 15) is 20.2 Å². The Hall–Kier alpha value is -3.83. The Labute approximate surface area is 177 Å². The molecule has 1 heterocycles. The number of benzene rings is 2. The molecule has 0 saturated heterocycles. The number of carbonyl (C=O) groups excluding carboxylic acids is 1. The summed E-state index contributed by atoms with van der Waals surface area (Å²) in [7, 11) is 0. The number of thiazole rings is 1. The van der Waals surface area contributed by atoms with Gasteiger partial charge in [0.25, 0.3) is 11.6 Å². The molecule has 3 rings (SSSR count). The molecule has 1 N–H and O–H groups in total. The third kappa shape index (κ3) is 5.37. The largest absolute Gasteiger partial charge is 0.297 e. The Morgan fingerprint density at radius 3 is 2.47 bits per heavy atom. The number of nitrogens with one attached hydrogen (secondary N) is 1. The van der Waals surface area contributed by atoms with Gasteiger partial charge in [-0.3, -0.25) is 20.2 Å². The molecule has 3 aromatic rings. The van der Waals surface area contributed by atoms with E-state index in [-0.39, 0.29) is 11.3 Å². The van der Waals surface area contributed by atoms with Crippen LogP contribution in [0.5, 0.6) is 0 Å². The molecule has 1 aromatic heterocycles. The fourth-order valence-electron chi connectivity index (χ4n) is 2.71. The van der Waals surface area contributed by atoms with Crippen LogP contribution in [0.2, 0.25) is 0 Å². The summed E-state index contributed by atoms with van der Waals surface area (Å²) >= 11 is 1.35. The van der Waals surface area contributed by atoms with Crippen LogP contribution in [0.15, 0.2) is 60.3 Å². The van der Waals surface area contributed by atoms with Gasteiger partial charge in [-0.05, 0) is 41.3 Å². The minimum Gasteiger partial charge on any atom is -0.297 e. The topological polar surface area (TPSA) is 109 Å². The average molecular weight is 418 g/mol. The first-order valence-electron chi connectivity index (χ1n) is 9.18. The second-order valence-corrected chi connectivity index (χ2v) is 7.57. The summed E-state index contributed by atoms with van der Waals surface area (Å²) in [6, 6.07) is 15.8. The zero-order valence-electron chi connectivity index (χ0n) is 16.2. The van der Waals surface area contributed by atoms with E-state index >= 15 is 0 Å². The van der Waals surface area contributed by atoms with Crippen LogP contribution < -0.4 is 5.32 Å². The summed E-state index contributed by atoms with van der Waals surface area (Å²) in [6.07, 6.45) is 4.79. The van der Waals surface area contributed by atoms with Crippen molar-refractivity contribution in [3.63, 3.8) is 0 Å². The first kappa shape index (κ1) is 20.9. The molecule has 0 radical (unpaired) electrons. The number of nitro groups is 1. The molecule has 8 heteroatoms. The van der Waals surface area contributed by atoms with Gasteiger partial charge in [0, 0.05) is 29.6 Å². The number of hydrogen-bond donors (Lipinski definition) is 1. The minimum absolute atomic E-state index is 0.0604. The summed E-state index contributed by atoms with van der Waals surface area (Å²) in [6.45, 7) is 2.11. The molecule has 2 aromatic carbocycles. The van der Waals surface area contributed by atoms with Gasteiger partial charge < -0.3 is 0 Å². The molecule has 0 bridgehead atoms. The van der Waals surface area contributed by atoms with Crippen molar-refractivity contribution >= 4 is 34.1 Å². The third-order valence-corrected chi connectivity index (χ3v) is 5.28. The highest BCUT2D eigenvalue weighted by Gasteiger charge is 2.13. The number of non-ortho nitro benzene ring substituents is 1. The van der Waals surface area contributed by atoms with Gasteiger partial charge in [0.15, 0.2) is 5.13 Å². The maximum Gasteiger partial charge on any atom is 0.269 e. The van der Waals surface area contributed by atoms with Crippen molar-refractivity contribution in [2.75, 3.05) is 5.32 Å². The lowest BCUT2D eigenvalue weighted by molar-refractivity contribution is -0.384. The summed E-state index contributed by atoms with van der Waals surface area (Å²) < 4.78 is 0. The van der Waals surface area contributed by atoms with Crippen molar-refractivity contribution in [3.8, 4) is 6.07 Å². The lowest BCUT2D eigenvalue weighted by Crippen LogP contribution is -2.13. The maximum absolute atomic E-state index is 12.4. The van der Waals surface area contributed by atoms with E-state index in [2.05, 4.69) is 41.5 Å². The van der Waals surface area contributed by atoms with Crippen LogP contribution in [-0.4, -0.2) is 15.8 Å². The van der Waals surface area contributed by atoms with Crippen molar-refractivity contribution in [2.24, 2.45) is 0 Å². The first-order chi connectivity index (χ1) is 14.5. The highest BCUT2D eigenvalue weighted by atomic mass is 32.1. The van der Waals surface area contributed by atoms with Crippen molar-refractivity contribution in [1.29, 1.82) is 5.26 Å². The number of nitro benzene ring substituents is 1. The van der Waals surface area contributed by atoms with Crippen LogP contribution in [0.4, 0.5) is 10.8 Å². The second-order valence-electron chi connectivity index (χ2n) is 6.45. The number of amides is 1. The molecule has 30 heavy (non-hydrogen) atoms. The number of carbonyl (C=O) groups is 1. The monoisotopic (exact) mass is 418 g/mol. The van der Waals surface area contributed by atoms with Crippen LogP contribution in [0, 0.1) is 21.4 Å². The lowest BCUT2D eigenvalue weighted by Gasteiger charge is -2.01. The van der Waals surface area contributed by atoms with Crippen LogP contribution in [0.25, 0.3) is 6.08 Å². The van der Waals surface area contributed by atoms with Crippen molar-refractivity contribution in [2.45, 2.75) is 19.8 Å². The number of nitrogens with zero attached hydrogens (tertiary/aromatic N) is 3. The van der Waals surface area contributed by atoms with E-state index in [1.807, 2.05) is 6.07 Å². The predicted octanol–water partition coefficient (Wildman–Crippen LogP) is 4.75. The van der Waals surface area contributed by atoms with Gasteiger partial charge in [0.2, 0.25) is 0 Å². The molecule has 7 nitrogen and oxygen atoms in total. The van der Waals surface area contributed by atoms with Gasteiger partial charge in [0.1, 0.15) is 11.6 Å². The molecule has 0 aliphatic heterocycles. The second kappa shape index (κ2) is 9.58. The van der Waals surface area contributed by atoms with E-state index in [0.717, 1.165) is 16.9 Å². The molecule has 0 spiro atoms. The van der Waals surface area contributed by atoms with Crippen molar-refractivity contribution in [1.82, 2.24) is 4.98 Å². The number of rotatable bonds is 7. The maximum atomic E-state index is 12.4. The van der Waals surface area contributed by atoms with Crippen LogP contribution >= 0.6 is 11.3 Å². The molecule has 0 unspecified atom stereocenters. The van der Waals surface area contributed by atoms with Gasteiger partial charge in [-0.15, -0.1) is 11.3 Å². The molecule has 150 valence electrons. The van der Waals surface area contributed by atoms with Gasteiger partial charge in [0.05, 0.1) is 4.92 Å². The molecule has 0 fully saturated rings. The number of hydrogen-bond acceptors (Lipinski definition) is 6. The zero-order valence-corrected chi connectivity index (χ0v) is 17.0. The fourth-order valence-corrected chi connectivity index (χ4v) is 3.55. The van der Waals surface area contributed by atoms with Crippen molar-refractivity contribution < 1.29 is 9.72 Å². The van der Waals surface area contributed by atoms with E-state index in [4.69, 9.17) is 0 Å². The summed E-state index contributed by atoms with van der Waals surface area (Å²) in [5.41, 5.74) is 2.78. The molecule has 0 saturated carbocycles. The smallest absolute Gasteiger partial charge is 0.269 e. The molecule has 0 aliphatic rings. The van der Waals surface area contributed by atoms with Gasteiger partial charge in [-0.1, -0.05) is 31.2 Å². The van der Waals surface area contributed by atoms with E-state index in [1.165, 1.54) is 47.2 Å². The normalized spacial score (nSPS) is 11.0. The molecular weight excluding hydrogens is 400 g/mol. The summed E-state index contributed by atoms with van der Waals surface area (Å²) in [4.78, 5) is 27.8. The Bertz CT molecular complexity index is 1130. The highest BCUT2D eigenvalue weighted by molar-refractivity contribution is 7.15. The Balaban J connectivity index is 1.66. The quantitative estimate of drug-likeness (QED) is 0.258. The fraction of sp³-hybridized carbons (Fsp3) is 0.136. The van der Waals surface area contributed by atoms with Gasteiger partial charge in [-0.25, -0.2) is 4.98 Å². The minimum atomic E-state index is -0.580. The van der Waals surface area contributed by atoms with E-state index in [1.54, 1.807) is 6.20 Å². The lowest BCUT2D eigenvalue weighted by atomic mass is 10.1. The van der Waals surface area contributed by atoms with Crippen molar-refractivity contribution in [3.05, 3.63) is 92.0 Å². The van der Waals surface area contributed by atoms with Gasteiger partial charge >= 0.3 is 0 Å². The Morgan fingerprint density at radius 1 is 1.20 bits per heavy atom. The van der Waals surface area contributed by atoms with Crippen LogP contribution in [-0.2, 0) is 17.6 Å². The number of aryl methyl sites for hydroxylation is 1. The number of aromatic nitrogens is 1. The Kier molecular flexibility index (Phi) is 6.67. The summed E-state index contributed by atoms with van der Waals surface area (Å²) in [5, 5.41) is 23.1. The summed E-state index contributed by atoms with van der Waals surface area (Å²) in [5.74, 6) is -0.580. The first-order valence-corrected chi connectivity index (χ1v) is 10.00.